The van der Waals surface area contributed by atoms with Crippen molar-refractivity contribution in [3.63, 3.8) is 0 Å². The summed E-state index contributed by atoms with van der Waals surface area (Å²) in [5, 5.41) is 2.76. The average molecular weight is 332 g/mol. The van der Waals surface area contributed by atoms with E-state index in [9.17, 15) is 14.4 Å². The average Bonchev–Trinajstić information content (AvgIpc) is 2.71. The zero-order valence-corrected chi connectivity index (χ0v) is 14.6. The number of carbonyl (C=O) groups is 3. The van der Waals surface area contributed by atoms with Crippen molar-refractivity contribution in [2.75, 3.05) is 6.54 Å². The number of alkyl carbamates (subject to hydrolysis) is 1. The van der Waals surface area contributed by atoms with Crippen molar-refractivity contribution in [2.45, 2.75) is 52.2 Å². The number of carbonyl (C=O) groups excluding carboxylic acids is 3. The molecule has 1 aliphatic rings. The summed E-state index contributed by atoms with van der Waals surface area (Å²) in [4.78, 5) is 38.0. The largest absolute Gasteiger partial charge is 0.444 e. The molecule has 6 nitrogen and oxygen atoms in total. The highest BCUT2D eigenvalue weighted by molar-refractivity contribution is 6.21. The lowest BCUT2D eigenvalue weighted by Crippen LogP contribution is -2.47. The van der Waals surface area contributed by atoms with Crippen LogP contribution >= 0.6 is 0 Å². The standard InChI is InChI=1S/C18H24N2O4/c1-5-8-12(19-17(23)24-18(2,3)4)11-20-15(21)13-9-6-7-10-14(13)16(20)22/h6-7,9-10,12H,5,8,11H2,1-4H3,(H,19,23). The summed E-state index contributed by atoms with van der Waals surface area (Å²) in [5.74, 6) is -0.634. The first-order valence-corrected chi connectivity index (χ1v) is 8.17. The third-order valence-corrected chi connectivity index (χ3v) is 3.64. The number of ether oxygens (including phenoxy) is 1. The second-order valence-corrected chi connectivity index (χ2v) is 6.90. The summed E-state index contributed by atoms with van der Waals surface area (Å²) in [6.07, 6.45) is 0.911. The van der Waals surface area contributed by atoms with Gasteiger partial charge in [0.2, 0.25) is 0 Å². The molecule has 6 heteroatoms. The summed E-state index contributed by atoms with van der Waals surface area (Å²) in [5.41, 5.74) is 0.223. The fourth-order valence-electron chi connectivity index (χ4n) is 2.66. The van der Waals surface area contributed by atoms with E-state index < -0.39 is 11.7 Å². The number of nitrogens with one attached hydrogen (secondary N) is 1. The van der Waals surface area contributed by atoms with Gasteiger partial charge in [-0.25, -0.2) is 4.79 Å². The summed E-state index contributed by atoms with van der Waals surface area (Å²) in [6, 6.07) is 6.41. The van der Waals surface area contributed by atoms with Gasteiger partial charge in [-0.05, 0) is 39.3 Å². The number of benzene rings is 1. The molecule has 1 heterocycles. The van der Waals surface area contributed by atoms with Gasteiger partial charge in [-0.1, -0.05) is 25.5 Å². The smallest absolute Gasteiger partial charge is 0.407 e. The minimum absolute atomic E-state index is 0.138. The summed E-state index contributed by atoms with van der Waals surface area (Å²) < 4.78 is 5.26. The van der Waals surface area contributed by atoms with Gasteiger partial charge in [0.1, 0.15) is 5.60 Å². The number of imide groups is 1. The van der Waals surface area contributed by atoms with Crippen molar-refractivity contribution in [2.24, 2.45) is 0 Å². The van der Waals surface area contributed by atoms with Crippen molar-refractivity contribution in [1.82, 2.24) is 10.2 Å². The maximum Gasteiger partial charge on any atom is 0.407 e. The van der Waals surface area contributed by atoms with Crippen LogP contribution in [0.25, 0.3) is 0 Å². The summed E-state index contributed by atoms with van der Waals surface area (Å²) in [6.45, 7) is 7.47. The van der Waals surface area contributed by atoms with Crippen LogP contribution in [-0.4, -0.2) is 41.0 Å². The highest BCUT2D eigenvalue weighted by Crippen LogP contribution is 2.23. The van der Waals surface area contributed by atoms with Crippen molar-refractivity contribution in [1.29, 1.82) is 0 Å². The molecule has 1 N–H and O–H groups in total. The molecule has 0 aromatic heterocycles. The van der Waals surface area contributed by atoms with E-state index in [2.05, 4.69) is 5.32 Å². The van der Waals surface area contributed by atoms with E-state index in [1.165, 1.54) is 4.90 Å². The molecule has 3 amide bonds. The van der Waals surface area contributed by atoms with Crippen molar-refractivity contribution in [3.8, 4) is 0 Å². The van der Waals surface area contributed by atoms with Crippen LogP contribution < -0.4 is 5.32 Å². The Hall–Kier alpha value is -2.37. The van der Waals surface area contributed by atoms with E-state index in [0.29, 0.717) is 17.5 Å². The maximum atomic E-state index is 12.4. The fraction of sp³-hybridized carbons (Fsp3) is 0.500. The van der Waals surface area contributed by atoms with E-state index in [1.54, 1.807) is 45.0 Å². The minimum atomic E-state index is -0.601. The topological polar surface area (TPSA) is 75.7 Å². The first kappa shape index (κ1) is 18.0. The van der Waals surface area contributed by atoms with Gasteiger partial charge in [0.15, 0.2) is 0 Å². The molecule has 0 spiro atoms. The van der Waals surface area contributed by atoms with Crippen LogP contribution in [0.2, 0.25) is 0 Å². The Morgan fingerprint density at radius 3 is 2.17 bits per heavy atom. The minimum Gasteiger partial charge on any atom is -0.444 e. The van der Waals surface area contributed by atoms with Crippen molar-refractivity contribution >= 4 is 17.9 Å². The molecule has 0 radical (unpaired) electrons. The lowest BCUT2D eigenvalue weighted by molar-refractivity contribution is 0.0464. The molecule has 0 aliphatic carbocycles. The van der Waals surface area contributed by atoms with E-state index in [4.69, 9.17) is 4.74 Å². The molecule has 1 aromatic carbocycles. The van der Waals surface area contributed by atoms with E-state index >= 15 is 0 Å². The molecule has 1 aliphatic heterocycles. The molecule has 0 saturated heterocycles. The van der Waals surface area contributed by atoms with Crippen molar-refractivity contribution in [3.05, 3.63) is 35.4 Å². The van der Waals surface area contributed by atoms with E-state index in [-0.39, 0.29) is 24.4 Å². The van der Waals surface area contributed by atoms with Gasteiger partial charge in [-0.3, -0.25) is 14.5 Å². The van der Waals surface area contributed by atoms with E-state index in [0.717, 1.165) is 6.42 Å². The Bertz CT molecular complexity index is 614. The quantitative estimate of drug-likeness (QED) is 0.841. The van der Waals surface area contributed by atoms with Crippen molar-refractivity contribution < 1.29 is 19.1 Å². The van der Waals surface area contributed by atoms with Crippen LogP contribution in [0, 0.1) is 0 Å². The SMILES string of the molecule is CCCC(CN1C(=O)c2ccccc2C1=O)NC(=O)OC(C)(C)C. The summed E-state index contributed by atoms with van der Waals surface area (Å²) in [7, 11) is 0. The number of nitrogens with zero attached hydrogens (tertiary/aromatic N) is 1. The predicted octanol–water partition coefficient (Wildman–Crippen LogP) is 2.98. The summed E-state index contributed by atoms with van der Waals surface area (Å²) >= 11 is 0. The number of rotatable bonds is 5. The molecule has 1 aromatic rings. The molecule has 0 bridgehead atoms. The van der Waals surface area contributed by atoms with Gasteiger partial charge in [-0.2, -0.15) is 0 Å². The molecule has 0 fully saturated rings. The Morgan fingerprint density at radius 1 is 1.17 bits per heavy atom. The van der Waals surface area contributed by atoms with Crippen LogP contribution in [-0.2, 0) is 4.74 Å². The first-order chi connectivity index (χ1) is 11.2. The molecule has 0 saturated carbocycles. The first-order valence-electron chi connectivity index (χ1n) is 8.17. The fourth-order valence-corrected chi connectivity index (χ4v) is 2.66. The molecule has 24 heavy (non-hydrogen) atoms. The van der Waals surface area contributed by atoms with Crippen LogP contribution in [0.4, 0.5) is 4.79 Å². The second-order valence-electron chi connectivity index (χ2n) is 6.90. The maximum absolute atomic E-state index is 12.4. The number of amides is 3. The van der Waals surface area contributed by atoms with Gasteiger partial charge in [0, 0.05) is 6.54 Å². The monoisotopic (exact) mass is 332 g/mol. The molecular weight excluding hydrogens is 308 g/mol. The van der Waals surface area contributed by atoms with E-state index in [1.807, 2.05) is 6.92 Å². The lowest BCUT2D eigenvalue weighted by Gasteiger charge is -2.26. The van der Waals surface area contributed by atoms with Crippen LogP contribution in [0.3, 0.4) is 0 Å². The Balaban J connectivity index is 2.07. The zero-order chi connectivity index (χ0) is 17.9. The third-order valence-electron chi connectivity index (χ3n) is 3.64. The molecular formula is C18H24N2O4. The van der Waals surface area contributed by atoms with Gasteiger partial charge < -0.3 is 10.1 Å². The lowest BCUT2D eigenvalue weighted by atomic mass is 10.1. The predicted molar refractivity (Wildman–Crippen MR) is 89.9 cm³/mol. The second kappa shape index (κ2) is 7.03. The molecule has 1 atom stereocenters. The van der Waals surface area contributed by atoms with Crippen LogP contribution in [0.1, 0.15) is 61.3 Å². The zero-order valence-electron chi connectivity index (χ0n) is 14.6. The number of hydrogen-bond donors (Lipinski definition) is 1. The number of hydrogen-bond acceptors (Lipinski definition) is 4. The van der Waals surface area contributed by atoms with Gasteiger partial charge in [0.25, 0.3) is 11.8 Å². The highest BCUT2D eigenvalue weighted by atomic mass is 16.6. The highest BCUT2D eigenvalue weighted by Gasteiger charge is 2.36. The molecule has 1 unspecified atom stereocenters. The Morgan fingerprint density at radius 2 is 1.71 bits per heavy atom. The van der Waals surface area contributed by atoms with Gasteiger partial charge in [-0.15, -0.1) is 0 Å². The molecule has 2 rings (SSSR count). The Labute approximate surface area is 142 Å². The van der Waals surface area contributed by atoms with Gasteiger partial charge in [0.05, 0.1) is 17.2 Å². The number of fused-ring (bicyclic) bond motifs is 1. The van der Waals surface area contributed by atoms with Gasteiger partial charge >= 0.3 is 6.09 Å². The third kappa shape index (κ3) is 4.13. The molecule has 130 valence electrons. The van der Waals surface area contributed by atoms with Crippen LogP contribution in [0.15, 0.2) is 24.3 Å². The Kier molecular flexibility index (Phi) is 5.26. The normalized spacial score (nSPS) is 15.2. The van der Waals surface area contributed by atoms with Crippen LogP contribution in [0.5, 0.6) is 0 Å².